The van der Waals surface area contributed by atoms with Gasteiger partial charge >= 0.3 is 6.03 Å². The number of amides is 3. The number of rotatable bonds is 5. The number of carbonyl (C=O) groups excluding carboxylic acids is 2. The summed E-state index contributed by atoms with van der Waals surface area (Å²) in [7, 11) is 1.47. The van der Waals surface area contributed by atoms with Gasteiger partial charge in [0.05, 0.1) is 6.61 Å². The normalized spacial score (nSPS) is 20.5. The lowest BCUT2D eigenvalue weighted by atomic mass is 10.0. The molecule has 1 fully saturated rings. The topological polar surface area (TPSA) is 97.6 Å². The second-order valence-corrected chi connectivity index (χ2v) is 5.91. The van der Waals surface area contributed by atoms with Crippen molar-refractivity contribution in [3.8, 4) is 11.4 Å². The number of urea groups is 1. The molecular weight excluding hydrogens is 312 g/mol. The van der Waals surface area contributed by atoms with E-state index in [1.54, 1.807) is 6.92 Å². The fraction of sp³-hybridized carbons (Fsp3) is 0.375. The van der Waals surface area contributed by atoms with Gasteiger partial charge in [-0.3, -0.25) is 9.69 Å². The van der Waals surface area contributed by atoms with Crippen LogP contribution < -0.4 is 5.32 Å². The van der Waals surface area contributed by atoms with Crippen LogP contribution in [-0.2, 0) is 16.1 Å². The molecule has 1 aliphatic rings. The number of aromatic nitrogens is 2. The number of nitrogens with one attached hydrogen (secondary N) is 1. The predicted octanol–water partition coefficient (Wildman–Crippen LogP) is 1.50. The molecule has 2 aromatic rings. The lowest BCUT2D eigenvalue weighted by molar-refractivity contribution is -0.133. The zero-order chi connectivity index (χ0) is 17.3. The number of imide groups is 1. The van der Waals surface area contributed by atoms with E-state index < -0.39 is 11.6 Å². The molecule has 0 radical (unpaired) electrons. The lowest BCUT2D eigenvalue weighted by Gasteiger charge is -2.19. The minimum atomic E-state index is -1.08. The van der Waals surface area contributed by atoms with Gasteiger partial charge in [0.25, 0.3) is 5.91 Å². The van der Waals surface area contributed by atoms with Crippen molar-refractivity contribution < 1.29 is 18.8 Å². The average Bonchev–Trinajstić information content (AvgIpc) is 3.08. The van der Waals surface area contributed by atoms with E-state index in [4.69, 9.17) is 9.26 Å². The molecule has 0 bridgehead atoms. The van der Waals surface area contributed by atoms with Crippen molar-refractivity contribution in [2.24, 2.45) is 0 Å². The number of hydrogen-bond acceptors (Lipinski definition) is 6. The summed E-state index contributed by atoms with van der Waals surface area (Å²) in [5.41, 5.74) is 0.770. The molecule has 3 rings (SSSR count). The number of methoxy groups -OCH3 is 1. The largest absolute Gasteiger partial charge is 0.382 e. The van der Waals surface area contributed by atoms with Crippen molar-refractivity contribution >= 4 is 11.9 Å². The van der Waals surface area contributed by atoms with Crippen LogP contribution >= 0.6 is 0 Å². The van der Waals surface area contributed by atoms with Crippen LogP contribution in [-0.4, -0.2) is 46.2 Å². The van der Waals surface area contributed by atoms with Gasteiger partial charge in [-0.1, -0.05) is 29.4 Å². The van der Waals surface area contributed by atoms with Crippen molar-refractivity contribution in [2.75, 3.05) is 13.7 Å². The van der Waals surface area contributed by atoms with E-state index in [0.29, 0.717) is 5.82 Å². The van der Waals surface area contributed by atoms with E-state index in [1.807, 2.05) is 31.2 Å². The smallest absolute Gasteiger partial charge is 0.325 e. The Morgan fingerprint density at radius 2 is 2.08 bits per heavy atom. The molecule has 0 unspecified atom stereocenters. The monoisotopic (exact) mass is 330 g/mol. The van der Waals surface area contributed by atoms with Crippen LogP contribution in [0.3, 0.4) is 0 Å². The quantitative estimate of drug-likeness (QED) is 0.834. The molecule has 8 heteroatoms. The molecule has 1 N–H and O–H groups in total. The van der Waals surface area contributed by atoms with Crippen LogP contribution in [0.1, 0.15) is 18.4 Å². The Morgan fingerprint density at radius 1 is 1.33 bits per heavy atom. The molecule has 1 aliphatic heterocycles. The second kappa shape index (κ2) is 6.04. The van der Waals surface area contributed by atoms with Gasteiger partial charge in [-0.2, -0.15) is 4.98 Å². The number of hydrogen-bond donors (Lipinski definition) is 1. The maximum Gasteiger partial charge on any atom is 0.325 e. The first kappa shape index (κ1) is 16.1. The summed E-state index contributed by atoms with van der Waals surface area (Å²) in [5.74, 6) is 0.234. The summed E-state index contributed by atoms with van der Waals surface area (Å²) < 4.78 is 10.2. The van der Waals surface area contributed by atoms with Crippen molar-refractivity contribution in [2.45, 2.75) is 25.9 Å². The third kappa shape index (κ3) is 2.76. The van der Waals surface area contributed by atoms with Gasteiger partial charge in [0.1, 0.15) is 12.1 Å². The van der Waals surface area contributed by atoms with Crippen molar-refractivity contribution in [1.29, 1.82) is 0 Å². The minimum Gasteiger partial charge on any atom is -0.382 e. The van der Waals surface area contributed by atoms with Crippen LogP contribution in [0.4, 0.5) is 4.79 Å². The van der Waals surface area contributed by atoms with Gasteiger partial charge in [-0.25, -0.2) is 4.79 Å². The Bertz CT molecular complexity index is 788. The van der Waals surface area contributed by atoms with Crippen LogP contribution in [0.25, 0.3) is 11.4 Å². The molecule has 24 heavy (non-hydrogen) atoms. The van der Waals surface area contributed by atoms with E-state index >= 15 is 0 Å². The average molecular weight is 330 g/mol. The Morgan fingerprint density at radius 3 is 2.79 bits per heavy atom. The van der Waals surface area contributed by atoms with Crippen molar-refractivity contribution in [3.63, 3.8) is 0 Å². The standard InChI is InChI=1S/C16H18N4O4/c1-10-6-4-5-7-11(10)13-17-12(24-19-13)8-20-14(21)16(2,9-23-3)18-15(20)22/h4-7H,8-9H2,1-3H3,(H,18,22)/t16-/m0/s1. The van der Waals surface area contributed by atoms with Gasteiger partial charge in [0, 0.05) is 12.7 Å². The van der Waals surface area contributed by atoms with Crippen LogP contribution in [0.15, 0.2) is 28.8 Å². The zero-order valence-electron chi connectivity index (χ0n) is 13.7. The van der Waals surface area contributed by atoms with Crippen LogP contribution in [0.5, 0.6) is 0 Å². The van der Waals surface area contributed by atoms with Gasteiger partial charge in [0.2, 0.25) is 11.7 Å². The number of benzene rings is 1. The molecule has 0 spiro atoms. The molecule has 1 aromatic heterocycles. The summed E-state index contributed by atoms with van der Waals surface area (Å²) in [6, 6.07) is 7.12. The molecule has 3 amide bonds. The van der Waals surface area contributed by atoms with Gasteiger partial charge in [-0.05, 0) is 19.4 Å². The molecule has 8 nitrogen and oxygen atoms in total. The Hall–Kier alpha value is -2.74. The summed E-state index contributed by atoms with van der Waals surface area (Å²) in [6.45, 7) is 3.57. The highest BCUT2D eigenvalue weighted by atomic mass is 16.5. The SMILES string of the molecule is COC[C@]1(C)NC(=O)N(Cc2nc(-c3ccccc3C)no2)C1=O. The fourth-order valence-electron chi connectivity index (χ4n) is 2.66. The highest BCUT2D eigenvalue weighted by molar-refractivity contribution is 6.06. The van der Waals surface area contributed by atoms with E-state index in [2.05, 4.69) is 15.5 Å². The number of nitrogens with zero attached hydrogens (tertiary/aromatic N) is 3. The highest BCUT2D eigenvalue weighted by Crippen LogP contribution is 2.23. The van der Waals surface area contributed by atoms with Crippen LogP contribution in [0, 0.1) is 6.92 Å². The highest BCUT2D eigenvalue weighted by Gasteiger charge is 2.48. The molecule has 126 valence electrons. The first-order chi connectivity index (χ1) is 11.4. The molecule has 1 atom stereocenters. The van der Waals surface area contributed by atoms with E-state index in [1.165, 1.54) is 7.11 Å². The van der Waals surface area contributed by atoms with Gasteiger partial charge in [-0.15, -0.1) is 0 Å². The molecular formula is C16H18N4O4. The summed E-state index contributed by atoms with van der Waals surface area (Å²) in [6.07, 6.45) is 0. The maximum absolute atomic E-state index is 12.4. The van der Waals surface area contributed by atoms with E-state index in [0.717, 1.165) is 16.0 Å². The third-order valence-corrected chi connectivity index (χ3v) is 3.93. The van der Waals surface area contributed by atoms with E-state index in [9.17, 15) is 9.59 Å². The third-order valence-electron chi connectivity index (χ3n) is 3.93. The fourth-order valence-corrected chi connectivity index (χ4v) is 2.66. The summed E-state index contributed by atoms with van der Waals surface area (Å²) in [5, 5.41) is 6.55. The van der Waals surface area contributed by atoms with Crippen molar-refractivity contribution in [3.05, 3.63) is 35.7 Å². The molecule has 2 heterocycles. The summed E-state index contributed by atoms with van der Waals surface area (Å²) >= 11 is 0. The van der Waals surface area contributed by atoms with Gasteiger partial charge < -0.3 is 14.6 Å². The first-order valence-electron chi connectivity index (χ1n) is 7.46. The molecule has 0 aliphatic carbocycles. The maximum atomic E-state index is 12.4. The van der Waals surface area contributed by atoms with Crippen molar-refractivity contribution in [1.82, 2.24) is 20.4 Å². The molecule has 1 aromatic carbocycles. The molecule has 1 saturated heterocycles. The van der Waals surface area contributed by atoms with Gasteiger partial charge in [0.15, 0.2) is 0 Å². The Kier molecular flexibility index (Phi) is 4.06. The zero-order valence-corrected chi connectivity index (χ0v) is 13.7. The van der Waals surface area contributed by atoms with Crippen LogP contribution in [0.2, 0.25) is 0 Å². The minimum absolute atomic E-state index is 0.0805. The predicted molar refractivity (Wildman–Crippen MR) is 83.8 cm³/mol. The lowest BCUT2D eigenvalue weighted by Crippen LogP contribution is -2.47. The number of carbonyl (C=O) groups is 2. The Labute approximate surface area is 138 Å². The first-order valence-corrected chi connectivity index (χ1v) is 7.46. The number of aryl methyl sites for hydroxylation is 1. The van der Waals surface area contributed by atoms with E-state index in [-0.39, 0.29) is 24.9 Å². The molecule has 0 saturated carbocycles. The number of ether oxygens (including phenoxy) is 1. The Balaban J connectivity index is 1.79. The summed E-state index contributed by atoms with van der Waals surface area (Å²) in [4.78, 5) is 29.8. The second-order valence-electron chi connectivity index (χ2n) is 5.91.